The average Bonchev–Trinajstić information content (AvgIpc) is 2.45. The maximum atomic E-state index is 10.4. The van der Waals surface area contributed by atoms with Crippen molar-refractivity contribution in [3.8, 4) is 0 Å². The van der Waals surface area contributed by atoms with Gasteiger partial charge in [-0.05, 0) is 49.9 Å². The molecule has 0 aliphatic carbocycles. The van der Waals surface area contributed by atoms with Crippen molar-refractivity contribution < 1.29 is 5.11 Å². The monoisotopic (exact) mass is 283 g/mol. The highest BCUT2D eigenvalue weighted by molar-refractivity contribution is 5.53. The van der Waals surface area contributed by atoms with Crippen molar-refractivity contribution in [3.05, 3.63) is 64.7 Å². The molecule has 0 saturated heterocycles. The zero-order chi connectivity index (χ0) is 15.4. The highest BCUT2D eigenvalue weighted by Crippen LogP contribution is 2.24. The maximum absolute atomic E-state index is 10.4. The van der Waals surface area contributed by atoms with Crippen LogP contribution in [0.15, 0.2) is 42.5 Å². The Balaban J connectivity index is 2.01. The van der Waals surface area contributed by atoms with Crippen LogP contribution in [0.3, 0.4) is 0 Å². The number of rotatable bonds is 5. The Bertz CT molecular complexity index is 606. The summed E-state index contributed by atoms with van der Waals surface area (Å²) >= 11 is 0. The fourth-order valence-corrected chi connectivity index (χ4v) is 2.79. The molecular weight excluding hydrogens is 258 g/mol. The smallest absolute Gasteiger partial charge is 0.0809 e. The molecule has 21 heavy (non-hydrogen) atoms. The normalized spacial score (nSPS) is 12.2. The van der Waals surface area contributed by atoms with E-state index in [9.17, 15) is 5.11 Å². The van der Waals surface area contributed by atoms with Crippen molar-refractivity contribution in [2.75, 3.05) is 18.5 Å². The van der Waals surface area contributed by atoms with E-state index in [1.165, 1.54) is 16.8 Å². The minimum Gasteiger partial charge on any atom is -0.388 e. The summed E-state index contributed by atoms with van der Waals surface area (Å²) in [7, 11) is 2.09. The maximum Gasteiger partial charge on any atom is 0.0809 e. The van der Waals surface area contributed by atoms with E-state index in [0.717, 1.165) is 24.1 Å². The molecule has 0 aliphatic heterocycles. The highest BCUT2D eigenvalue weighted by Gasteiger charge is 2.12. The van der Waals surface area contributed by atoms with E-state index in [0.29, 0.717) is 0 Å². The van der Waals surface area contributed by atoms with Gasteiger partial charge in [0.25, 0.3) is 0 Å². The second-order valence-corrected chi connectivity index (χ2v) is 5.87. The number of anilines is 1. The summed E-state index contributed by atoms with van der Waals surface area (Å²) in [5.74, 6) is 0. The SMILES string of the molecule is Cc1ccc(N(C)CCC(O)c2ccccc2C)c(C)c1. The minimum absolute atomic E-state index is 0.403. The molecule has 2 rings (SSSR count). The first-order chi connectivity index (χ1) is 9.99. The minimum atomic E-state index is -0.403. The van der Waals surface area contributed by atoms with E-state index in [-0.39, 0.29) is 0 Å². The first kappa shape index (κ1) is 15.6. The van der Waals surface area contributed by atoms with Gasteiger partial charge in [0.05, 0.1) is 6.10 Å². The standard InChI is InChI=1S/C19H25NO/c1-14-9-10-18(16(3)13-14)20(4)12-11-19(21)17-8-6-5-7-15(17)2/h5-10,13,19,21H,11-12H2,1-4H3. The summed E-state index contributed by atoms with van der Waals surface area (Å²) in [5.41, 5.74) is 5.98. The van der Waals surface area contributed by atoms with E-state index in [1.807, 2.05) is 31.2 Å². The van der Waals surface area contributed by atoms with E-state index in [1.54, 1.807) is 0 Å². The Hall–Kier alpha value is -1.80. The van der Waals surface area contributed by atoms with Crippen molar-refractivity contribution in [2.45, 2.75) is 33.3 Å². The second-order valence-electron chi connectivity index (χ2n) is 5.87. The summed E-state index contributed by atoms with van der Waals surface area (Å²) in [6.07, 6.45) is 0.327. The van der Waals surface area contributed by atoms with Gasteiger partial charge < -0.3 is 10.0 Å². The van der Waals surface area contributed by atoms with E-state index >= 15 is 0 Å². The van der Waals surface area contributed by atoms with E-state index in [2.05, 4.69) is 44.0 Å². The van der Waals surface area contributed by atoms with Crippen molar-refractivity contribution in [3.63, 3.8) is 0 Å². The summed E-state index contributed by atoms with van der Waals surface area (Å²) in [6.45, 7) is 7.13. The molecule has 1 atom stereocenters. The van der Waals surface area contributed by atoms with Crippen LogP contribution < -0.4 is 4.90 Å². The Morgan fingerprint density at radius 3 is 2.38 bits per heavy atom. The van der Waals surface area contributed by atoms with Gasteiger partial charge in [-0.3, -0.25) is 0 Å². The van der Waals surface area contributed by atoms with Gasteiger partial charge in [-0.1, -0.05) is 42.0 Å². The van der Waals surface area contributed by atoms with Crippen LogP contribution in [0.2, 0.25) is 0 Å². The van der Waals surface area contributed by atoms with Crippen molar-refractivity contribution in [1.82, 2.24) is 0 Å². The molecule has 0 spiro atoms. The van der Waals surface area contributed by atoms with Crippen LogP contribution in [0.4, 0.5) is 5.69 Å². The lowest BCUT2D eigenvalue weighted by Gasteiger charge is -2.23. The number of hydrogen-bond acceptors (Lipinski definition) is 2. The molecule has 0 heterocycles. The van der Waals surface area contributed by atoms with Crippen LogP contribution in [0.25, 0.3) is 0 Å². The van der Waals surface area contributed by atoms with Gasteiger partial charge in [0.15, 0.2) is 0 Å². The zero-order valence-corrected chi connectivity index (χ0v) is 13.4. The van der Waals surface area contributed by atoms with Gasteiger partial charge in [0.1, 0.15) is 0 Å². The molecule has 0 radical (unpaired) electrons. The molecule has 0 aromatic heterocycles. The number of aliphatic hydroxyl groups excluding tert-OH is 1. The van der Waals surface area contributed by atoms with Gasteiger partial charge in [-0.15, -0.1) is 0 Å². The Kier molecular flexibility index (Phi) is 5.03. The highest BCUT2D eigenvalue weighted by atomic mass is 16.3. The summed E-state index contributed by atoms with van der Waals surface area (Å²) in [5, 5.41) is 10.4. The quantitative estimate of drug-likeness (QED) is 0.890. The lowest BCUT2D eigenvalue weighted by Crippen LogP contribution is -2.21. The first-order valence-corrected chi connectivity index (χ1v) is 7.51. The largest absolute Gasteiger partial charge is 0.388 e. The number of aryl methyl sites for hydroxylation is 3. The van der Waals surface area contributed by atoms with Gasteiger partial charge in [-0.25, -0.2) is 0 Å². The first-order valence-electron chi connectivity index (χ1n) is 7.51. The third-order valence-corrected chi connectivity index (χ3v) is 4.05. The lowest BCUT2D eigenvalue weighted by atomic mass is 10.0. The molecule has 0 aliphatic rings. The predicted molar refractivity (Wildman–Crippen MR) is 89.9 cm³/mol. The molecule has 0 bridgehead atoms. The van der Waals surface area contributed by atoms with Crippen LogP contribution >= 0.6 is 0 Å². The van der Waals surface area contributed by atoms with Crippen LogP contribution in [0, 0.1) is 20.8 Å². The van der Waals surface area contributed by atoms with Gasteiger partial charge in [-0.2, -0.15) is 0 Å². The molecule has 2 nitrogen and oxygen atoms in total. The Labute approximate surface area is 128 Å². The van der Waals surface area contributed by atoms with Crippen LogP contribution in [-0.4, -0.2) is 18.7 Å². The molecule has 2 aromatic carbocycles. The molecule has 1 N–H and O–H groups in total. The van der Waals surface area contributed by atoms with Crippen molar-refractivity contribution in [2.24, 2.45) is 0 Å². The number of nitrogens with zero attached hydrogens (tertiary/aromatic N) is 1. The average molecular weight is 283 g/mol. The molecule has 0 saturated carbocycles. The fraction of sp³-hybridized carbons (Fsp3) is 0.368. The molecule has 2 heteroatoms. The summed E-state index contributed by atoms with van der Waals surface area (Å²) in [6, 6.07) is 14.5. The third kappa shape index (κ3) is 3.85. The van der Waals surface area contributed by atoms with Gasteiger partial charge >= 0.3 is 0 Å². The zero-order valence-electron chi connectivity index (χ0n) is 13.4. The van der Waals surface area contributed by atoms with Crippen molar-refractivity contribution in [1.29, 1.82) is 0 Å². The molecule has 0 amide bonds. The van der Waals surface area contributed by atoms with Crippen LogP contribution in [0.5, 0.6) is 0 Å². The topological polar surface area (TPSA) is 23.5 Å². The van der Waals surface area contributed by atoms with Crippen LogP contribution in [0.1, 0.15) is 34.8 Å². The summed E-state index contributed by atoms with van der Waals surface area (Å²) in [4.78, 5) is 2.22. The summed E-state index contributed by atoms with van der Waals surface area (Å²) < 4.78 is 0. The predicted octanol–water partition coefficient (Wildman–Crippen LogP) is 4.17. The van der Waals surface area contributed by atoms with Gasteiger partial charge in [0, 0.05) is 19.3 Å². The number of aliphatic hydroxyl groups is 1. The van der Waals surface area contributed by atoms with E-state index in [4.69, 9.17) is 0 Å². The van der Waals surface area contributed by atoms with Gasteiger partial charge in [0.2, 0.25) is 0 Å². The molecule has 2 aromatic rings. The van der Waals surface area contributed by atoms with Crippen molar-refractivity contribution >= 4 is 5.69 Å². The molecule has 0 fully saturated rings. The van der Waals surface area contributed by atoms with Crippen LogP contribution in [-0.2, 0) is 0 Å². The number of hydrogen-bond donors (Lipinski definition) is 1. The molecule has 112 valence electrons. The number of benzene rings is 2. The molecule has 1 unspecified atom stereocenters. The Morgan fingerprint density at radius 2 is 1.71 bits per heavy atom. The second kappa shape index (κ2) is 6.77. The van der Waals surface area contributed by atoms with E-state index < -0.39 is 6.10 Å². The molecular formula is C19H25NO. The lowest BCUT2D eigenvalue weighted by molar-refractivity contribution is 0.169. The fourth-order valence-electron chi connectivity index (χ4n) is 2.79. The Morgan fingerprint density at radius 1 is 1.00 bits per heavy atom. The third-order valence-electron chi connectivity index (χ3n) is 4.05.